The SMILES string of the molecule is COC(=O)C=CC1=N[C](N)N=N1. The lowest BCUT2D eigenvalue weighted by molar-refractivity contribution is -0.134. The number of nitrogens with zero attached hydrogens (tertiary/aromatic N) is 3. The van der Waals surface area contributed by atoms with Gasteiger partial charge in [-0.2, -0.15) is 0 Å². The molecule has 2 N–H and O–H groups in total. The minimum absolute atomic E-state index is 0.0829. The molecule has 1 radical (unpaired) electrons. The molecule has 0 aliphatic carbocycles. The summed E-state index contributed by atoms with van der Waals surface area (Å²) >= 11 is 0. The van der Waals surface area contributed by atoms with Crippen molar-refractivity contribution in [2.24, 2.45) is 21.0 Å². The van der Waals surface area contributed by atoms with E-state index in [2.05, 4.69) is 20.0 Å². The molecule has 0 saturated heterocycles. The molecule has 0 fully saturated rings. The van der Waals surface area contributed by atoms with Gasteiger partial charge in [-0.3, -0.25) is 5.73 Å². The fraction of sp³-hybridized carbons (Fsp3) is 0.167. The highest BCUT2D eigenvalue weighted by molar-refractivity contribution is 5.99. The van der Waals surface area contributed by atoms with Gasteiger partial charge in [0.2, 0.25) is 0 Å². The molecule has 0 bridgehead atoms. The quantitative estimate of drug-likeness (QED) is 0.463. The van der Waals surface area contributed by atoms with Gasteiger partial charge in [0.15, 0.2) is 5.84 Å². The predicted octanol–water partition coefficient (Wildman–Crippen LogP) is -0.0144. The zero-order chi connectivity index (χ0) is 8.97. The minimum atomic E-state index is -0.474. The van der Waals surface area contributed by atoms with Crippen molar-refractivity contribution in [3.63, 3.8) is 0 Å². The van der Waals surface area contributed by atoms with Crippen molar-refractivity contribution in [3.8, 4) is 0 Å². The molecule has 0 spiro atoms. The lowest BCUT2D eigenvalue weighted by atomic mass is 10.5. The van der Waals surface area contributed by atoms with E-state index in [-0.39, 0.29) is 12.1 Å². The van der Waals surface area contributed by atoms with E-state index in [1.807, 2.05) is 0 Å². The second-order valence-corrected chi connectivity index (χ2v) is 1.88. The van der Waals surface area contributed by atoms with Crippen LogP contribution >= 0.6 is 0 Å². The second-order valence-electron chi connectivity index (χ2n) is 1.88. The zero-order valence-corrected chi connectivity index (χ0v) is 6.39. The Kier molecular flexibility index (Phi) is 2.65. The van der Waals surface area contributed by atoms with Crippen LogP contribution in [0.4, 0.5) is 0 Å². The third-order valence-corrected chi connectivity index (χ3v) is 1.05. The first-order chi connectivity index (χ1) is 5.72. The van der Waals surface area contributed by atoms with Crippen LogP contribution < -0.4 is 5.73 Å². The Morgan fingerprint density at radius 3 is 2.83 bits per heavy atom. The topological polar surface area (TPSA) is 89.4 Å². The van der Waals surface area contributed by atoms with Crippen LogP contribution in [0.2, 0.25) is 0 Å². The van der Waals surface area contributed by atoms with Crippen molar-refractivity contribution in [3.05, 3.63) is 18.4 Å². The Morgan fingerprint density at radius 2 is 2.33 bits per heavy atom. The van der Waals surface area contributed by atoms with Gasteiger partial charge in [0, 0.05) is 6.08 Å². The monoisotopic (exact) mass is 167 g/mol. The summed E-state index contributed by atoms with van der Waals surface area (Å²) in [6, 6.07) is 0. The second kappa shape index (κ2) is 3.72. The number of carbonyl (C=O) groups excluding carboxylic acids is 1. The maximum Gasteiger partial charge on any atom is 0.330 e. The molecule has 0 amide bonds. The van der Waals surface area contributed by atoms with Gasteiger partial charge in [-0.1, -0.05) is 0 Å². The van der Waals surface area contributed by atoms with E-state index in [4.69, 9.17) is 5.73 Å². The number of aliphatic imine (C=N–C) groups is 1. The summed E-state index contributed by atoms with van der Waals surface area (Å²) in [7, 11) is 1.28. The Labute approximate surface area is 68.8 Å². The van der Waals surface area contributed by atoms with Gasteiger partial charge in [0.05, 0.1) is 7.11 Å². The zero-order valence-electron chi connectivity index (χ0n) is 6.39. The number of azo groups is 1. The molecule has 1 heterocycles. The van der Waals surface area contributed by atoms with E-state index in [1.165, 1.54) is 19.3 Å². The third kappa shape index (κ3) is 2.24. The van der Waals surface area contributed by atoms with Crippen molar-refractivity contribution in [2.75, 3.05) is 7.11 Å². The van der Waals surface area contributed by atoms with E-state index in [0.29, 0.717) is 0 Å². The number of nitrogens with two attached hydrogens (primary N) is 1. The van der Waals surface area contributed by atoms with Crippen LogP contribution in [-0.4, -0.2) is 18.9 Å². The number of ether oxygens (including phenoxy) is 1. The maximum atomic E-state index is 10.6. The molecule has 12 heavy (non-hydrogen) atoms. The first-order valence-corrected chi connectivity index (χ1v) is 3.11. The van der Waals surface area contributed by atoms with Crippen LogP contribution in [0.25, 0.3) is 0 Å². The van der Waals surface area contributed by atoms with Gasteiger partial charge in [0.25, 0.3) is 6.29 Å². The van der Waals surface area contributed by atoms with Gasteiger partial charge in [-0.05, 0) is 6.08 Å². The number of hydrogen-bond donors (Lipinski definition) is 1. The van der Waals surface area contributed by atoms with Gasteiger partial charge in [-0.25, -0.2) is 9.79 Å². The molecule has 63 valence electrons. The first-order valence-electron chi connectivity index (χ1n) is 3.11. The van der Waals surface area contributed by atoms with Crippen LogP contribution in [0.15, 0.2) is 27.4 Å². The standard InChI is InChI=1S/C6H7N4O2/c1-12-5(11)3-2-4-8-6(7)10-9-4/h2-3H,7H2,1H3. The van der Waals surface area contributed by atoms with Crippen LogP contribution in [0.1, 0.15) is 0 Å². The van der Waals surface area contributed by atoms with E-state index < -0.39 is 5.97 Å². The molecule has 1 aliphatic heterocycles. The molecule has 6 nitrogen and oxygen atoms in total. The Bertz CT molecular complexity index is 269. The maximum absolute atomic E-state index is 10.6. The van der Waals surface area contributed by atoms with Crippen molar-refractivity contribution < 1.29 is 9.53 Å². The van der Waals surface area contributed by atoms with Crippen molar-refractivity contribution in [1.82, 2.24) is 0 Å². The molecule has 1 rings (SSSR count). The molecule has 0 saturated carbocycles. The highest BCUT2D eigenvalue weighted by Gasteiger charge is 2.07. The third-order valence-electron chi connectivity index (χ3n) is 1.05. The smallest absolute Gasteiger partial charge is 0.330 e. The summed E-state index contributed by atoms with van der Waals surface area (Å²) in [5, 5.41) is 6.98. The van der Waals surface area contributed by atoms with Crippen LogP contribution in [0.3, 0.4) is 0 Å². The lowest BCUT2D eigenvalue weighted by Crippen LogP contribution is -2.00. The number of methoxy groups -OCH3 is 1. The molecule has 0 aromatic heterocycles. The van der Waals surface area contributed by atoms with Crippen molar-refractivity contribution in [1.29, 1.82) is 0 Å². The molecular formula is C6H7N4O2. The number of amidine groups is 1. The molecular weight excluding hydrogens is 160 g/mol. The van der Waals surface area contributed by atoms with Crippen molar-refractivity contribution >= 4 is 11.8 Å². The average molecular weight is 167 g/mol. The molecule has 0 aromatic rings. The highest BCUT2D eigenvalue weighted by atomic mass is 16.5. The minimum Gasteiger partial charge on any atom is -0.466 e. The summed E-state index contributed by atoms with van der Waals surface area (Å²) in [5.41, 5.74) is 5.18. The van der Waals surface area contributed by atoms with Gasteiger partial charge in [-0.15, -0.1) is 10.2 Å². The fourth-order valence-corrected chi connectivity index (χ4v) is 0.546. The van der Waals surface area contributed by atoms with Gasteiger partial charge >= 0.3 is 5.97 Å². The van der Waals surface area contributed by atoms with E-state index >= 15 is 0 Å². The summed E-state index contributed by atoms with van der Waals surface area (Å²) < 4.78 is 4.35. The molecule has 0 unspecified atom stereocenters. The van der Waals surface area contributed by atoms with E-state index in [0.717, 1.165) is 0 Å². The van der Waals surface area contributed by atoms with Crippen LogP contribution in [0, 0.1) is 6.29 Å². The normalized spacial score (nSPS) is 17.0. The van der Waals surface area contributed by atoms with Gasteiger partial charge < -0.3 is 4.74 Å². The highest BCUT2D eigenvalue weighted by Crippen LogP contribution is 2.06. The Balaban J connectivity index is 2.53. The Hall–Kier alpha value is -1.56. The molecule has 0 atom stereocenters. The number of hydrogen-bond acceptors (Lipinski definition) is 6. The summed E-state index contributed by atoms with van der Waals surface area (Å²) in [5.74, 6) is -0.184. The summed E-state index contributed by atoms with van der Waals surface area (Å²) in [6.07, 6.45) is 2.64. The lowest BCUT2D eigenvalue weighted by Gasteiger charge is -1.87. The first kappa shape index (κ1) is 8.54. The van der Waals surface area contributed by atoms with Crippen molar-refractivity contribution in [2.45, 2.75) is 0 Å². The van der Waals surface area contributed by atoms with Crippen LogP contribution in [-0.2, 0) is 9.53 Å². The average Bonchev–Trinajstić information content (AvgIpc) is 2.47. The van der Waals surface area contributed by atoms with E-state index in [9.17, 15) is 4.79 Å². The molecule has 6 heteroatoms. The largest absolute Gasteiger partial charge is 0.466 e. The summed E-state index contributed by atoms with van der Waals surface area (Å²) in [6.45, 7) is 0. The van der Waals surface area contributed by atoms with Gasteiger partial charge in [0.1, 0.15) is 0 Å². The molecule has 0 aromatic carbocycles. The Morgan fingerprint density at radius 1 is 1.58 bits per heavy atom. The summed E-state index contributed by atoms with van der Waals surface area (Å²) in [4.78, 5) is 14.3. The predicted molar refractivity (Wildman–Crippen MR) is 40.9 cm³/mol. The fourth-order valence-electron chi connectivity index (χ4n) is 0.546. The van der Waals surface area contributed by atoms with E-state index in [1.54, 1.807) is 0 Å². The molecule has 1 aliphatic rings. The number of esters is 1. The number of carbonyl (C=O) groups is 1. The number of rotatable bonds is 2. The van der Waals surface area contributed by atoms with Crippen LogP contribution in [0.5, 0.6) is 0 Å².